The highest BCUT2D eigenvalue weighted by Crippen LogP contribution is 2.47. The molecule has 0 fully saturated rings. The van der Waals surface area contributed by atoms with E-state index in [0.29, 0.717) is 0 Å². The van der Waals surface area contributed by atoms with Crippen molar-refractivity contribution in [3.8, 4) is 0 Å². The summed E-state index contributed by atoms with van der Waals surface area (Å²) in [6, 6.07) is 8.54. The van der Waals surface area contributed by atoms with E-state index in [4.69, 9.17) is 4.74 Å². The molecule has 1 aliphatic heterocycles. The van der Waals surface area contributed by atoms with Gasteiger partial charge in [0.15, 0.2) is 5.60 Å². The fourth-order valence-electron chi connectivity index (χ4n) is 4.25. The molecule has 0 aromatic heterocycles. The van der Waals surface area contributed by atoms with Crippen molar-refractivity contribution in [2.45, 2.75) is 51.6 Å². The smallest absolute Gasteiger partial charge is 0.151 e. The van der Waals surface area contributed by atoms with Crippen LogP contribution in [0.4, 0.5) is 0 Å². The molecule has 3 aliphatic rings. The van der Waals surface area contributed by atoms with Crippen LogP contribution in [-0.2, 0) is 10.3 Å². The van der Waals surface area contributed by atoms with Crippen LogP contribution in [0.3, 0.4) is 0 Å². The van der Waals surface area contributed by atoms with E-state index in [1.54, 1.807) is 0 Å². The van der Waals surface area contributed by atoms with Gasteiger partial charge in [0.25, 0.3) is 0 Å². The Kier molecular flexibility index (Phi) is 4.03. The van der Waals surface area contributed by atoms with Gasteiger partial charge < -0.3 is 4.74 Å². The summed E-state index contributed by atoms with van der Waals surface area (Å²) in [4.78, 5) is 0. The number of aryl methyl sites for hydroxylation is 1. The second-order valence-corrected chi connectivity index (χ2v) is 7.49. The highest BCUT2D eigenvalue weighted by atomic mass is 16.5. The van der Waals surface area contributed by atoms with Gasteiger partial charge in [-0.05, 0) is 74.3 Å². The first kappa shape index (κ1) is 16.2. The molecule has 4 rings (SSSR count). The Morgan fingerprint density at radius 3 is 2.72 bits per heavy atom. The standard InChI is InChI=1S/C24H26O/c1-17-10-7-8-15-22(17)24(3)16-21(19-12-5-4-6-13-19)20-14-9-11-18(2)23(20)25-24/h5,7-8,10,12-13,15-16H,2,4,6,9,11,14H2,1,3H3. The molecular formula is C24H26O. The Morgan fingerprint density at radius 1 is 1.12 bits per heavy atom. The van der Waals surface area contributed by atoms with Crippen LogP contribution in [0, 0.1) is 6.92 Å². The predicted molar refractivity (Wildman–Crippen MR) is 104 cm³/mol. The number of rotatable bonds is 2. The zero-order valence-corrected chi connectivity index (χ0v) is 15.3. The molecule has 1 unspecified atom stereocenters. The summed E-state index contributed by atoms with van der Waals surface area (Å²) < 4.78 is 6.63. The van der Waals surface area contributed by atoms with E-state index in [9.17, 15) is 0 Å². The van der Waals surface area contributed by atoms with Crippen molar-refractivity contribution in [1.29, 1.82) is 0 Å². The molecule has 2 aliphatic carbocycles. The summed E-state index contributed by atoms with van der Waals surface area (Å²) in [6.07, 6.45) is 14.8. The van der Waals surface area contributed by atoms with Gasteiger partial charge in [0.05, 0.1) is 0 Å². The maximum atomic E-state index is 6.63. The van der Waals surface area contributed by atoms with E-state index >= 15 is 0 Å². The molecule has 0 radical (unpaired) electrons. The SMILES string of the molecule is C=C1CCCC2=C1OC(C)(c1ccccc1C)C=C2C1=CCCC=C1. The lowest BCUT2D eigenvalue weighted by atomic mass is 9.78. The predicted octanol–water partition coefficient (Wildman–Crippen LogP) is 6.44. The van der Waals surface area contributed by atoms with Gasteiger partial charge in [-0.2, -0.15) is 0 Å². The third kappa shape index (κ3) is 2.82. The fourth-order valence-corrected chi connectivity index (χ4v) is 4.25. The second-order valence-electron chi connectivity index (χ2n) is 7.49. The molecule has 0 spiro atoms. The molecule has 0 amide bonds. The zero-order valence-electron chi connectivity index (χ0n) is 15.3. The average Bonchev–Trinajstić information content (AvgIpc) is 2.63. The first-order valence-electron chi connectivity index (χ1n) is 9.35. The highest BCUT2D eigenvalue weighted by molar-refractivity contribution is 5.60. The van der Waals surface area contributed by atoms with Crippen LogP contribution in [0.25, 0.3) is 0 Å². The molecular weight excluding hydrogens is 304 g/mol. The van der Waals surface area contributed by atoms with Crippen molar-refractivity contribution >= 4 is 0 Å². The van der Waals surface area contributed by atoms with Crippen LogP contribution in [0.15, 0.2) is 83.2 Å². The van der Waals surface area contributed by atoms with Crippen LogP contribution in [0.5, 0.6) is 0 Å². The Morgan fingerprint density at radius 2 is 1.96 bits per heavy atom. The molecule has 1 aromatic rings. The lowest BCUT2D eigenvalue weighted by Crippen LogP contribution is -2.30. The minimum absolute atomic E-state index is 0.452. The lowest BCUT2D eigenvalue weighted by Gasteiger charge is -2.39. The van der Waals surface area contributed by atoms with Crippen LogP contribution in [0.1, 0.15) is 50.2 Å². The molecule has 1 atom stereocenters. The van der Waals surface area contributed by atoms with Gasteiger partial charge in [-0.15, -0.1) is 0 Å². The molecule has 0 saturated heterocycles. The Hall–Kier alpha value is -2.28. The molecule has 128 valence electrons. The summed E-state index contributed by atoms with van der Waals surface area (Å²) in [7, 11) is 0. The van der Waals surface area contributed by atoms with E-state index in [0.717, 1.165) is 43.4 Å². The molecule has 1 heterocycles. The van der Waals surface area contributed by atoms with Crippen molar-refractivity contribution in [3.63, 3.8) is 0 Å². The van der Waals surface area contributed by atoms with E-state index in [-0.39, 0.29) is 0 Å². The van der Waals surface area contributed by atoms with E-state index in [2.05, 4.69) is 69.0 Å². The minimum Gasteiger partial charge on any atom is -0.478 e. The second kappa shape index (κ2) is 6.22. The topological polar surface area (TPSA) is 9.23 Å². The van der Waals surface area contributed by atoms with Gasteiger partial charge in [0, 0.05) is 11.1 Å². The van der Waals surface area contributed by atoms with Crippen molar-refractivity contribution in [2.75, 3.05) is 0 Å². The van der Waals surface area contributed by atoms with Gasteiger partial charge >= 0.3 is 0 Å². The maximum Gasteiger partial charge on any atom is 0.151 e. The minimum atomic E-state index is -0.452. The summed E-state index contributed by atoms with van der Waals surface area (Å²) >= 11 is 0. The molecule has 0 bridgehead atoms. The van der Waals surface area contributed by atoms with Crippen molar-refractivity contribution in [2.24, 2.45) is 0 Å². The number of allylic oxidation sites excluding steroid dienone is 7. The van der Waals surface area contributed by atoms with E-state index in [1.165, 1.54) is 27.8 Å². The molecule has 0 N–H and O–H groups in total. The lowest BCUT2D eigenvalue weighted by molar-refractivity contribution is 0.0540. The molecule has 0 saturated carbocycles. The van der Waals surface area contributed by atoms with Gasteiger partial charge in [0.1, 0.15) is 5.76 Å². The van der Waals surface area contributed by atoms with Crippen LogP contribution in [-0.4, -0.2) is 0 Å². The van der Waals surface area contributed by atoms with Gasteiger partial charge in [-0.25, -0.2) is 0 Å². The van der Waals surface area contributed by atoms with Gasteiger partial charge in [0.2, 0.25) is 0 Å². The largest absolute Gasteiger partial charge is 0.478 e. The third-order valence-corrected chi connectivity index (χ3v) is 5.55. The van der Waals surface area contributed by atoms with Crippen molar-refractivity contribution in [1.82, 2.24) is 0 Å². The molecule has 25 heavy (non-hydrogen) atoms. The summed E-state index contributed by atoms with van der Waals surface area (Å²) in [5.41, 5.74) is 7.23. The maximum absolute atomic E-state index is 6.63. The number of benzene rings is 1. The molecule has 1 heteroatoms. The Bertz CT molecular complexity index is 847. The fraction of sp³-hybridized carbons (Fsp3) is 0.333. The van der Waals surface area contributed by atoms with Crippen LogP contribution in [0.2, 0.25) is 0 Å². The number of hydrogen-bond acceptors (Lipinski definition) is 1. The quantitative estimate of drug-likeness (QED) is 0.606. The Balaban J connectivity index is 1.89. The highest BCUT2D eigenvalue weighted by Gasteiger charge is 2.37. The summed E-state index contributed by atoms with van der Waals surface area (Å²) in [5, 5.41) is 0. The van der Waals surface area contributed by atoms with Crippen LogP contribution >= 0.6 is 0 Å². The average molecular weight is 330 g/mol. The first-order chi connectivity index (χ1) is 12.1. The van der Waals surface area contributed by atoms with Crippen LogP contribution < -0.4 is 0 Å². The van der Waals surface area contributed by atoms with E-state index < -0.39 is 5.60 Å². The van der Waals surface area contributed by atoms with Gasteiger partial charge in [-0.1, -0.05) is 49.1 Å². The normalized spacial score (nSPS) is 25.9. The number of hydrogen-bond donors (Lipinski definition) is 0. The molecule has 1 aromatic carbocycles. The zero-order chi connectivity index (χ0) is 17.4. The summed E-state index contributed by atoms with van der Waals surface area (Å²) in [5.74, 6) is 1.04. The molecule has 1 nitrogen and oxygen atoms in total. The number of ether oxygens (including phenoxy) is 1. The van der Waals surface area contributed by atoms with Crippen molar-refractivity contribution in [3.05, 3.63) is 94.3 Å². The monoisotopic (exact) mass is 330 g/mol. The first-order valence-corrected chi connectivity index (χ1v) is 9.35. The third-order valence-electron chi connectivity index (χ3n) is 5.55. The van der Waals surface area contributed by atoms with Crippen molar-refractivity contribution < 1.29 is 4.74 Å². The summed E-state index contributed by atoms with van der Waals surface area (Å²) in [6.45, 7) is 8.66. The van der Waals surface area contributed by atoms with E-state index in [1.807, 2.05) is 0 Å². The Labute approximate surface area is 151 Å². The van der Waals surface area contributed by atoms with Gasteiger partial charge in [-0.3, -0.25) is 0 Å².